The van der Waals surface area contributed by atoms with Crippen LogP contribution in [-0.4, -0.2) is 10.4 Å². The molecular weight excluding hydrogens is 152 g/mol. The van der Waals surface area contributed by atoms with Gasteiger partial charge in [0.2, 0.25) is 5.70 Å². The van der Waals surface area contributed by atoms with Gasteiger partial charge in [0, 0.05) is 6.92 Å². The maximum Gasteiger partial charge on any atom is 0.235 e. The van der Waals surface area contributed by atoms with Crippen LogP contribution in [0.1, 0.15) is 20.8 Å². The number of nitrogens with zero attached hydrogens (tertiary/aromatic N) is 2. The molecule has 0 saturated carbocycles. The summed E-state index contributed by atoms with van der Waals surface area (Å²) in [6.45, 7) is 5.26. The van der Waals surface area contributed by atoms with Crippen LogP contribution in [0.3, 0.4) is 0 Å². The molecule has 0 saturated heterocycles. The molecule has 0 bridgehead atoms. The van der Waals surface area contributed by atoms with Gasteiger partial charge in [-0.1, -0.05) is 16.5 Å². The molecule has 4 heteroatoms. The van der Waals surface area contributed by atoms with Crippen LogP contribution < -0.4 is 0 Å². The first-order valence-electron chi connectivity index (χ1n) is 3.02. The van der Waals surface area contributed by atoms with Gasteiger partial charge in [-0.3, -0.25) is 0 Å². The van der Waals surface area contributed by atoms with Crippen molar-refractivity contribution in [1.82, 2.24) is 0 Å². The molecule has 0 spiro atoms. The van der Waals surface area contributed by atoms with E-state index < -0.39 is 5.54 Å². The lowest BCUT2D eigenvalue weighted by atomic mass is 10.1. The zero-order chi connectivity index (χ0) is 7.94. The molecule has 0 aromatic carbocycles. The molecule has 10 heavy (non-hydrogen) atoms. The molecule has 0 N–H and O–H groups in total. The molecule has 56 valence electrons. The summed E-state index contributed by atoms with van der Waals surface area (Å²) in [5, 5.41) is 15.1. The molecule has 0 radical (unpaired) electrons. The Bertz CT molecular complexity index is 230. The van der Waals surface area contributed by atoms with E-state index in [2.05, 4.69) is 5.11 Å². The second kappa shape index (κ2) is 1.95. The Morgan fingerprint density at radius 3 is 2.20 bits per heavy atom. The van der Waals surface area contributed by atoms with Gasteiger partial charge in [-0.2, -0.15) is 0 Å². The van der Waals surface area contributed by atoms with Crippen LogP contribution in [-0.2, 0) is 0 Å². The van der Waals surface area contributed by atoms with Crippen LogP contribution in [0.4, 0.5) is 0 Å². The van der Waals surface area contributed by atoms with E-state index in [-0.39, 0.29) is 0 Å². The molecule has 1 aliphatic heterocycles. The lowest BCUT2D eigenvalue weighted by Gasteiger charge is -2.05. The molecule has 3 nitrogen and oxygen atoms in total. The summed E-state index contributed by atoms with van der Waals surface area (Å²) >= 11 is 5.79. The minimum Gasteiger partial charge on any atom is -0.594 e. The van der Waals surface area contributed by atoms with E-state index in [1.165, 1.54) is 0 Å². The number of azo groups is 1. The number of hydrogen-bond donors (Lipinski definition) is 0. The van der Waals surface area contributed by atoms with E-state index in [9.17, 15) is 5.21 Å². The standard InChI is InChI=1S/C6H9ClN2O/c1-4-5(7)6(2,3)8-9(4)10/h1-3H3. The quantitative estimate of drug-likeness (QED) is 0.396. The largest absolute Gasteiger partial charge is 0.594 e. The first-order chi connectivity index (χ1) is 4.45. The highest BCUT2D eigenvalue weighted by Crippen LogP contribution is 2.33. The van der Waals surface area contributed by atoms with Crippen molar-refractivity contribution < 1.29 is 4.86 Å². The van der Waals surface area contributed by atoms with E-state index >= 15 is 0 Å². The Morgan fingerprint density at radius 1 is 1.60 bits per heavy atom. The molecule has 1 heterocycles. The van der Waals surface area contributed by atoms with Gasteiger partial charge in [0.15, 0.2) is 5.54 Å². The van der Waals surface area contributed by atoms with Crippen molar-refractivity contribution in [2.75, 3.05) is 0 Å². The zero-order valence-corrected chi connectivity index (χ0v) is 6.94. The minimum atomic E-state index is -0.520. The fourth-order valence-electron chi connectivity index (χ4n) is 0.873. The molecule has 0 aromatic heterocycles. The first-order valence-corrected chi connectivity index (χ1v) is 3.40. The summed E-state index contributed by atoms with van der Waals surface area (Å²) < 4.78 is 0. The Kier molecular flexibility index (Phi) is 1.47. The Balaban J connectivity index is 3.12. The second-order valence-electron chi connectivity index (χ2n) is 2.83. The van der Waals surface area contributed by atoms with Gasteiger partial charge in [-0.15, -0.1) is 0 Å². The zero-order valence-electron chi connectivity index (χ0n) is 6.18. The van der Waals surface area contributed by atoms with E-state index in [1.807, 2.05) is 0 Å². The van der Waals surface area contributed by atoms with Gasteiger partial charge in [0.25, 0.3) is 0 Å². The van der Waals surface area contributed by atoms with Crippen molar-refractivity contribution in [3.8, 4) is 0 Å². The molecule has 0 aromatic rings. The molecule has 0 aliphatic carbocycles. The van der Waals surface area contributed by atoms with E-state index in [0.717, 1.165) is 0 Å². The predicted octanol–water partition coefficient (Wildman–Crippen LogP) is 2.21. The summed E-state index contributed by atoms with van der Waals surface area (Å²) in [5.74, 6) is 0. The molecule has 0 unspecified atom stereocenters. The molecule has 1 rings (SSSR count). The van der Waals surface area contributed by atoms with Crippen molar-refractivity contribution >= 4 is 11.6 Å². The lowest BCUT2D eigenvalue weighted by Crippen LogP contribution is -2.13. The number of hydrogen-bond acceptors (Lipinski definition) is 2. The van der Waals surface area contributed by atoms with Crippen LogP contribution in [0.15, 0.2) is 15.8 Å². The summed E-state index contributed by atoms with van der Waals surface area (Å²) in [6.07, 6.45) is 0. The third kappa shape index (κ3) is 0.904. The maximum absolute atomic E-state index is 10.8. The highest BCUT2D eigenvalue weighted by Gasteiger charge is 2.36. The van der Waals surface area contributed by atoms with E-state index in [1.54, 1.807) is 20.8 Å². The second-order valence-corrected chi connectivity index (χ2v) is 3.21. The molecule has 0 amide bonds. The number of allylic oxidation sites excluding steroid dienone is 1. The van der Waals surface area contributed by atoms with Crippen LogP contribution in [0.25, 0.3) is 0 Å². The number of hydroxylamine groups is 1. The average molecular weight is 161 g/mol. The van der Waals surface area contributed by atoms with Crippen molar-refractivity contribution in [2.24, 2.45) is 5.11 Å². The van der Waals surface area contributed by atoms with Gasteiger partial charge in [-0.05, 0) is 19.0 Å². The van der Waals surface area contributed by atoms with Gasteiger partial charge >= 0.3 is 0 Å². The van der Waals surface area contributed by atoms with Gasteiger partial charge in [-0.25, -0.2) is 0 Å². The fraction of sp³-hybridized carbons (Fsp3) is 0.667. The molecule has 0 atom stereocenters. The summed E-state index contributed by atoms with van der Waals surface area (Å²) in [5.41, 5.74) is -0.0282. The van der Waals surface area contributed by atoms with Crippen molar-refractivity contribution in [1.29, 1.82) is 0 Å². The molecular formula is C6H9ClN2O. The summed E-state index contributed by atoms with van der Waals surface area (Å²) in [7, 11) is 0. The highest BCUT2D eigenvalue weighted by molar-refractivity contribution is 6.31. The Hall–Kier alpha value is -0.570. The third-order valence-electron chi connectivity index (χ3n) is 1.48. The average Bonchev–Trinajstić information content (AvgIpc) is 1.95. The number of rotatable bonds is 0. The SMILES string of the molecule is CC1=C(Cl)C(C)(C)N=[N+]1[O-]. The van der Waals surface area contributed by atoms with Gasteiger partial charge in [0.05, 0.1) is 0 Å². The van der Waals surface area contributed by atoms with Crippen LogP contribution >= 0.6 is 11.6 Å². The van der Waals surface area contributed by atoms with Crippen LogP contribution in [0, 0.1) is 5.21 Å². The van der Waals surface area contributed by atoms with Crippen molar-refractivity contribution in [3.05, 3.63) is 15.9 Å². The van der Waals surface area contributed by atoms with E-state index in [4.69, 9.17) is 11.6 Å². The van der Waals surface area contributed by atoms with Crippen molar-refractivity contribution in [2.45, 2.75) is 26.3 Å². The maximum atomic E-state index is 10.8. The first kappa shape index (κ1) is 7.54. The number of halogens is 1. The van der Waals surface area contributed by atoms with E-state index in [0.29, 0.717) is 15.6 Å². The minimum absolute atomic E-state index is 0.492. The summed E-state index contributed by atoms with van der Waals surface area (Å²) in [4.78, 5) is 0.572. The highest BCUT2D eigenvalue weighted by atomic mass is 35.5. The molecule has 1 aliphatic rings. The summed E-state index contributed by atoms with van der Waals surface area (Å²) in [6, 6.07) is 0. The normalized spacial score (nSPS) is 23.4. The smallest absolute Gasteiger partial charge is 0.235 e. The topological polar surface area (TPSA) is 38.4 Å². The monoisotopic (exact) mass is 160 g/mol. The Labute approximate surface area is 64.6 Å². The lowest BCUT2D eigenvalue weighted by molar-refractivity contribution is -0.475. The van der Waals surface area contributed by atoms with Gasteiger partial charge in [0.1, 0.15) is 5.03 Å². The molecule has 0 fully saturated rings. The van der Waals surface area contributed by atoms with Gasteiger partial charge < -0.3 is 5.21 Å². The van der Waals surface area contributed by atoms with Crippen LogP contribution in [0.2, 0.25) is 0 Å². The fourth-order valence-corrected chi connectivity index (χ4v) is 0.983. The Morgan fingerprint density at radius 2 is 2.10 bits per heavy atom. The predicted molar refractivity (Wildman–Crippen MR) is 38.7 cm³/mol. The van der Waals surface area contributed by atoms with Crippen LogP contribution in [0.5, 0.6) is 0 Å². The third-order valence-corrected chi connectivity index (χ3v) is 2.22. The van der Waals surface area contributed by atoms with Crippen molar-refractivity contribution in [3.63, 3.8) is 0 Å².